The molecule has 1 aromatic rings. The number of carbonyl (C=O) groups excluding carboxylic acids is 2. The van der Waals surface area contributed by atoms with E-state index in [1.807, 2.05) is 35.2 Å². The van der Waals surface area contributed by atoms with Crippen molar-refractivity contribution in [2.24, 2.45) is 5.92 Å². The van der Waals surface area contributed by atoms with Crippen LogP contribution < -0.4 is 10.6 Å². The second-order valence-corrected chi connectivity index (χ2v) is 6.89. The van der Waals surface area contributed by atoms with E-state index < -0.39 is 0 Å². The van der Waals surface area contributed by atoms with E-state index in [9.17, 15) is 9.59 Å². The first-order valence-electron chi connectivity index (χ1n) is 9.05. The summed E-state index contributed by atoms with van der Waals surface area (Å²) >= 11 is 0. The van der Waals surface area contributed by atoms with Crippen LogP contribution in [0.2, 0.25) is 0 Å². The van der Waals surface area contributed by atoms with Crippen LogP contribution in [0.3, 0.4) is 0 Å². The molecule has 2 heterocycles. The molecule has 1 atom stereocenters. The lowest BCUT2D eigenvalue weighted by Crippen LogP contribution is -2.41. The molecule has 5 heteroatoms. The molecule has 2 fully saturated rings. The van der Waals surface area contributed by atoms with Gasteiger partial charge in [-0.3, -0.25) is 9.59 Å². The highest BCUT2D eigenvalue weighted by molar-refractivity contribution is 5.89. The van der Waals surface area contributed by atoms with E-state index >= 15 is 0 Å². The normalized spacial score (nSPS) is 21.9. The van der Waals surface area contributed by atoms with E-state index in [4.69, 9.17) is 0 Å². The summed E-state index contributed by atoms with van der Waals surface area (Å²) in [5, 5.41) is 6.28. The monoisotopic (exact) mass is 329 g/mol. The first kappa shape index (κ1) is 17.0. The zero-order valence-corrected chi connectivity index (χ0v) is 14.2. The topological polar surface area (TPSA) is 61.4 Å². The summed E-state index contributed by atoms with van der Waals surface area (Å²) in [6.45, 7) is 3.46. The Bertz CT molecular complexity index is 555. The van der Waals surface area contributed by atoms with Gasteiger partial charge in [-0.15, -0.1) is 0 Å². The van der Waals surface area contributed by atoms with Crippen LogP contribution in [0.15, 0.2) is 30.3 Å². The molecule has 130 valence electrons. The van der Waals surface area contributed by atoms with Gasteiger partial charge in [0, 0.05) is 19.5 Å². The molecule has 0 saturated carbocycles. The summed E-state index contributed by atoms with van der Waals surface area (Å²) in [7, 11) is 0. The number of nitrogens with one attached hydrogen (secondary N) is 2. The molecule has 3 rings (SSSR count). The lowest BCUT2D eigenvalue weighted by atomic mass is 9.93. The van der Waals surface area contributed by atoms with Gasteiger partial charge in [-0.05, 0) is 50.3 Å². The fraction of sp³-hybridized carbons (Fsp3) is 0.579. The lowest BCUT2D eigenvalue weighted by Gasteiger charge is -2.22. The molecular weight excluding hydrogens is 302 g/mol. The van der Waals surface area contributed by atoms with E-state index in [0.29, 0.717) is 31.8 Å². The molecule has 0 bridgehead atoms. The average Bonchev–Trinajstić information content (AvgIpc) is 2.95. The van der Waals surface area contributed by atoms with Crippen molar-refractivity contribution in [3.8, 4) is 0 Å². The van der Waals surface area contributed by atoms with E-state index in [1.165, 1.54) is 0 Å². The third-order valence-corrected chi connectivity index (χ3v) is 5.09. The number of rotatable bonds is 6. The second kappa shape index (κ2) is 8.29. The summed E-state index contributed by atoms with van der Waals surface area (Å²) in [6, 6.07) is 9.65. The maximum absolute atomic E-state index is 12.5. The van der Waals surface area contributed by atoms with Gasteiger partial charge in [0.2, 0.25) is 11.8 Å². The van der Waals surface area contributed by atoms with Crippen LogP contribution in [-0.2, 0) is 16.1 Å². The van der Waals surface area contributed by atoms with Crippen LogP contribution in [0.1, 0.15) is 37.7 Å². The zero-order valence-electron chi connectivity index (χ0n) is 14.2. The number of hydrogen-bond acceptors (Lipinski definition) is 3. The number of amides is 2. The minimum absolute atomic E-state index is 0.0217. The van der Waals surface area contributed by atoms with Crippen molar-refractivity contribution in [3.05, 3.63) is 35.9 Å². The molecular formula is C19H27N3O2. The summed E-state index contributed by atoms with van der Waals surface area (Å²) in [5.74, 6) is 0.716. The predicted molar refractivity (Wildman–Crippen MR) is 93.2 cm³/mol. The minimum atomic E-state index is -0.339. The quantitative estimate of drug-likeness (QED) is 0.835. The zero-order chi connectivity index (χ0) is 16.8. The molecule has 2 amide bonds. The minimum Gasteiger partial charge on any atom is -0.344 e. The van der Waals surface area contributed by atoms with E-state index in [2.05, 4.69) is 10.6 Å². The highest BCUT2D eigenvalue weighted by Crippen LogP contribution is 2.19. The first-order chi connectivity index (χ1) is 11.7. The van der Waals surface area contributed by atoms with Gasteiger partial charge in [0.1, 0.15) is 6.04 Å². The molecule has 1 aromatic carbocycles. The predicted octanol–water partition coefficient (Wildman–Crippen LogP) is 1.68. The molecule has 24 heavy (non-hydrogen) atoms. The first-order valence-corrected chi connectivity index (χ1v) is 9.05. The summed E-state index contributed by atoms with van der Waals surface area (Å²) < 4.78 is 0. The third-order valence-electron chi connectivity index (χ3n) is 5.09. The number of carbonyl (C=O) groups is 2. The Labute approximate surface area is 143 Å². The molecule has 0 spiro atoms. The maximum Gasteiger partial charge on any atom is 0.245 e. The van der Waals surface area contributed by atoms with Crippen LogP contribution >= 0.6 is 0 Å². The summed E-state index contributed by atoms with van der Waals surface area (Å²) in [6.07, 6.45) is 4.49. The van der Waals surface area contributed by atoms with Gasteiger partial charge in [-0.1, -0.05) is 30.3 Å². The van der Waals surface area contributed by atoms with Gasteiger partial charge >= 0.3 is 0 Å². The third kappa shape index (κ3) is 4.57. The van der Waals surface area contributed by atoms with Gasteiger partial charge in [0.05, 0.1) is 0 Å². The second-order valence-electron chi connectivity index (χ2n) is 6.89. The lowest BCUT2D eigenvalue weighted by molar-refractivity contribution is -0.133. The largest absolute Gasteiger partial charge is 0.344 e. The van der Waals surface area contributed by atoms with Gasteiger partial charge in [0.15, 0.2) is 0 Å². The maximum atomic E-state index is 12.5. The molecule has 0 aliphatic carbocycles. The Morgan fingerprint density at radius 1 is 1.17 bits per heavy atom. The number of piperidine rings is 1. The van der Waals surface area contributed by atoms with Crippen molar-refractivity contribution < 1.29 is 9.59 Å². The van der Waals surface area contributed by atoms with Crippen LogP contribution in [0.5, 0.6) is 0 Å². The van der Waals surface area contributed by atoms with E-state index in [1.54, 1.807) is 0 Å². The van der Waals surface area contributed by atoms with Gasteiger partial charge in [-0.25, -0.2) is 0 Å². The molecule has 0 aromatic heterocycles. The van der Waals surface area contributed by atoms with Gasteiger partial charge in [0.25, 0.3) is 0 Å². The van der Waals surface area contributed by atoms with Crippen molar-refractivity contribution in [3.63, 3.8) is 0 Å². The van der Waals surface area contributed by atoms with E-state index in [0.717, 1.165) is 37.9 Å². The Kier molecular flexibility index (Phi) is 5.86. The number of nitrogens with zero attached hydrogens (tertiary/aromatic N) is 1. The Morgan fingerprint density at radius 2 is 1.92 bits per heavy atom. The van der Waals surface area contributed by atoms with Gasteiger partial charge in [-0.2, -0.15) is 0 Å². The molecule has 2 aliphatic heterocycles. The van der Waals surface area contributed by atoms with Crippen molar-refractivity contribution in [1.29, 1.82) is 0 Å². The Morgan fingerprint density at radius 3 is 2.67 bits per heavy atom. The smallest absolute Gasteiger partial charge is 0.245 e. The van der Waals surface area contributed by atoms with Crippen LogP contribution in [0, 0.1) is 5.92 Å². The van der Waals surface area contributed by atoms with Crippen molar-refractivity contribution in [2.75, 3.05) is 19.6 Å². The van der Waals surface area contributed by atoms with Crippen LogP contribution in [0.25, 0.3) is 0 Å². The van der Waals surface area contributed by atoms with Crippen LogP contribution in [-0.4, -0.2) is 42.4 Å². The molecule has 2 N–H and O–H groups in total. The van der Waals surface area contributed by atoms with E-state index in [-0.39, 0.29) is 17.9 Å². The molecule has 0 radical (unpaired) electrons. The van der Waals surface area contributed by atoms with Crippen molar-refractivity contribution in [1.82, 2.24) is 15.5 Å². The average molecular weight is 329 g/mol. The van der Waals surface area contributed by atoms with Gasteiger partial charge < -0.3 is 15.5 Å². The SMILES string of the molecule is O=C(CCC1CCNCC1)NC1CCN(Cc2ccccc2)C1=O. The Hall–Kier alpha value is -1.88. The number of likely N-dealkylation sites (tertiary alicyclic amines) is 1. The number of benzene rings is 1. The fourth-order valence-corrected chi connectivity index (χ4v) is 3.61. The molecule has 2 aliphatic rings. The van der Waals surface area contributed by atoms with Crippen LogP contribution in [0.4, 0.5) is 0 Å². The van der Waals surface area contributed by atoms with Crippen molar-refractivity contribution >= 4 is 11.8 Å². The molecule has 5 nitrogen and oxygen atoms in total. The number of hydrogen-bond donors (Lipinski definition) is 2. The summed E-state index contributed by atoms with van der Waals surface area (Å²) in [5.41, 5.74) is 1.13. The highest BCUT2D eigenvalue weighted by Gasteiger charge is 2.32. The fourth-order valence-electron chi connectivity index (χ4n) is 3.61. The van der Waals surface area contributed by atoms with Crippen molar-refractivity contribution in [2.45, 2.75) is 44.7 Å². The molecule has 1 unspecified atom stereocenters. The standard InChI is InChI=1S/C19H27N3O2/c23-18(7-6-15-8-11-20-12-9-15)21-17-10-13-22(19(17)24)14-16-4-2-1-3-5-16/h1-5,15,17,20H,6-14H2,(H,21,23). The Balaban J connectivity index is 1.42. The molecule has 2 saturated heterocycles. The highest BCUT2D eigenvalue weighted by atomic mass is 16.2. The summed E-state index contributed by atoms with van der Waals surface area (Å²) in [4.78, 5) is 26.4.